The predicted octanol–water partition coefficient (Wildman–Crippen LogP) is 0.946. The fourth-order valence-corrected chi connectivity index (χ4v) is 2.60. The van der Waals surface area contributed by atoms with Gasteiger partial charge in [0.1, 0.15) is 0 Å². The molecule has 120 valence electrons. The van der Waals surface area contributed by atoms with Crippen LogP contribution in [0.1, 0.15) is 24.5 Å². The van der Waals surface area contributed by atoms with Gasteiger partial charge in [-0.1, -0.05) is 29.8 Å². The average molecular weight is 303 g/mol. The number of nitrogens with two attached hydrogens (primary N) is 1. The van der Waals surface area contributed by atoms with Crippen LogP contribution in [0.3, 0.4) is 0 Å². The maximum absolute atomic E-state index is 12.3. The molecule has 1 aromatic rings. The van der Waals surface area contributed by atoms with Gasteiger partial charge in [-0.15, -0.1) is 0 Å². The summed E-state index contributed by atoms with van der Waals surface area (Å²) < 4.78 is 0. The highest BCUT2D eigenvalue weighted by atomic mass is 16.2. The van der Waals surface area contributed by atoms with E-state index in [0.717, 1.165) is 5.56 Å². The third-order valence-corrected chi connectivity index (χ3v) is 3.96. The van der Waals surface area contributed by atoms with E-state index in [2.05, 4.69) is 0 Å². The van der Waals surface area contributed by atoms with E-state index in [1.807, 2.05) is 43.0 Å². The largest absolute Gasteiger partial charge is 0.339 e. The summed E-state index contributed by atoms with van der Waals surface area (Å²) in [5, 5.41) is 0. The minimum Gasteiger partial charge on any atom is -0.339 e. The smallest absolute Gasteiger partial charge is 0.227 e. The van der Waals surface area contributed by atoms with Crippen molar-refractivity contribution in [3.63, 3.8) is 0 Å². The molecule has 0 aliphatic carbocycles. The van der Waals surface area contributed by atoms with E-state index >= 15 is 0 Å². The Morgan fingerprint density at radius 3 is 2.05 bits per heavy atom. The zero-order chi connectivity index (χ0) is 16.1. The van der Waals surface area contributed by atoms with Gasteiger partial charge >= 0.3 is 0 Å². The van der Waals surface area contributed by atoms with Crippen LogP contribution in [0.25, 0.3) is 0 Å². The Morgan fingerprint density at radius 1 is 1.05 bits per heavy atom. The van der Waals surface area contributed by atoms with Gasteiger partial charge in [-0.2, -0.15) is 0 Å². The summed E-state index contributed by atoms with van der Waals surface area (Å²) in [5.41, 5.74) is 7.89. The number of carbonyl (C=O) groups excluding carboxylic acids is 2. The zero-order valence-corrected chi connectivity index (χ0v) is 13.4. The number of hydrogen-bond donors (Lipinski definition) is 1. The Morgan fingerprint density at radius 2 is 1.55 bits per heavy atom. The van der Waals surface area contributed by atoms with Crippen LogP contribution in [0.2, 0.25) is 0 Å². The van der Waals surface area contributed by atoms with E-state index in [4.69, 9.17) is 5.73 Å². The maximum Gasteiger partial charge on any atom is 0.227 e. The van der Waals surface area contributed by atoms with Crippen LogP contribution in [0.5, 0.6) is 0 Å². The Balaban J connectivity index is 1.82. The third-order valence-electron chi connectivity index (χ3n) is 3.96. The number of nitrogens with zero attached hydrogens (tertiary/aromatic N) is 2. The Kier molecular flexibility index (Phi) is 5.55. The quantitative estimate of drug-likeness (QED) is 0.900. The molecule has 22 heavy (non-hydrogen) atoms. The molecule has 1 aliphatic rings. The summed E-state index contributed by atoms with van der Waals surface area (Å²) in [6, 6.07) is 7.92. The number of aryl methyl sites for hydroxylation is 1. The zero-order valence-electron chi connectivity index (χ0n) is 13.4. The monoisotopic (exact) mass is 303 g/mol. The third kappa shape index (κ3) is 4.56. The highest BCUT2D eigenvalue weighted by Crippen LogP contribution is 2.09. The van der Waals surface area contributed by atoms with E-state index in [0.29, 0.717) is 39.0 Å². The van der Waals surface area contributed by atoms with Crippen LogP contribution in [0, 0.1) is 6.92 Å². The van der Waals surface area contributed by atoms with E-state index < -0.39 is 0 Å². The molecule has 0 aromatic heterocycles. The number of piperazine rings is 1. The first-order chi connectivity index (χ1) is 10.5. The molecule has 1 unspecified atom stereocenters. The molecule has 2 N–H and O–H groups in total. The molecular formula is C17H25N3O2. The lowest BCUT2D eigenvalue weighted by Crippen LogP contribution is -2.51. The van der Waals surface area contributed by atoms with Crippen molar-refractivity contribution in [1.29, 1.82) is 0 Å². The summed E-state index contributed by atoms with van der Waals surface area (Å²) in [7, 11) is 0. The summed E-state index contributed by atoms with van der Waals surface area (Å²) >= 11 is 0. The van der Waals surface area contributed by atoms with Gasteiger partial charge in [-0.25, -0.2) is 0 Å². The molecule has 2 amide bonds. The maximum atomic E-state index is 12.3. The molecule has 1 saturated heterocycles. The minimum atomic E-state index is -0.117. The predicted molar refractivity (Wildman–Crippen MR) is 86.3 cm³/mol. The topological polar surface area (TPSA) is 66.6 Å². The fraction of sp³-hybridized carbons (Fsp3) is 0.529. The minimum absolute atomic E-state index is 0.0839. The van der Waals surface area contributed by atoms with Crippen molar-refractivity contribution >= 4 is 11.8 Å². The van der Waals surface area contributed by atoms with Crippen molar-refractivity contribution in [2.75, 3.05) is 26.2 Å². The second kappa shape index (κ2) is 7.40. The van der Waals surface area contributed by atoms with Gasteiger partial charge < -0.3 is 15.5 Å². The normalized spacial score (nSPS) is 16.5. The molecule has 1 aromatic carbocycles. The summed E-state index contributed by atoms with van der Waals surface area (Å²) in [6.45, 7) is 6.28. The first kappa shape index (κ1) is 16.5. The van der Waals surface area contributed by atoms with Crippen LogP contribution in [-0.4, -0.2) is 53.8 Å². The average Bonchev–Trinajstić information content (AvgIpc) is 2.49. The van der Waals surface area contributed by atoms with Crippen molar-refractivity contribution in [3.8, 4) is 0 Å². The first-order valence-corrected chi connectivity index (χ1v) is 7.82. The van der Waals surface area contributed by atoms with Crippen LogP contribution >= 0.6 is 0 Å². The number of rotatable bonds is 4. The molecular weight excluding hydrogens is 278 g/mol. The molecule has 1 heterocycles. The number of benzene rings is 1. The fourth-order valence-electron chi connectivity index (χ4n) is 2.60. The van der Waals surface area contributed by atoms with Gasteiger partial charge in [0.05, 0.1) is 6.42 Å². The van der Waals surface area contributed by atoms with Crippen molar-refractivity contribution in [2.24, 2.45) is 5.73 Å². The highest BCUT2D eigenvalue weighted by molar-refractivity contribution is 5.80. The van der Waals surface area contributed by atoms with Crippen molar-refractivity contribution in [2.45, 2.75) is 32.7 Å². The van der Waals surface area contributed by atoms with Gasteiger partial charge in [-0.3, -0.25) is 9.59 Å². The molecule has 0 saturated carbocycles. The Bertz CT molecular complexity index is 517. The number of amides is 2. The van der Waals surface area contributed by atoms with Gasteiger partial charge in [-0.05, 0) is 19.4 Å². The second-order valence-electron chi connectivity index (χ2n) is 6.11. The van der Waals surface area contributed by atoms with Crippen molar-refractivity contribution in [3.05, 3.63) is 35.4 Å². The Hall–Kier alpha value is -1.88. The first-order valence-electron chi connectivity index (χ1n) is 7.82. The lowest BCUT2D eigenvalue weighted by molar-refractivity contribution is -0.139. The van der Waals surface area contributed by atoms with Crippen molar-refractivity contribution < 1.29 is 9.59 Å². The molecule has 1 atom stereocenters. The van der Waals surface area contributed by atoms with Crippen LogP contribution in [-0.2, 0) is 16.0 Å². The highest BCUT2D eigenvalue weighted by Gasteiger charge is 2.24. The molecule has 0 bridgehead atoms. The molecule has 5 heteroatoms. The number of hydrogen-bond acceptors (Lipinski definition) is 3. The Labute approximate surface area is 132 Å². The number of carbonyl (C=O) groups is 2. The molecule has 0 spiro atoms. The van der Waals surface area contributed by atoms with Crippen LogP contribution < -0.4 is 5.73 Å². The lowest BCUT2D eigenvalue weighted by atomic mass is 10.1. The second-order valence-corrected chi connectivity index (χ2v) is 6.11. The van der Waals surface area contributed by atoms with Crippen LogP contribution in [0.15, 0.2) is 24.3 Å². The van der Waals surface area contributed by atoms with E-state index in [-0.39, 0.29) is 17.9 Å². The van der Waals surface area contributed by atoms with E-state index in [1.165, 1.54) is 5.56 Å². The van der Waals surface area contributed by atoms with Gasteiger partial charge in [0.15, 0.2) is 0 Å². The molecule has 1 aliphatic heterocycles. The van der Waals surface area contributed by atoms with Gasteiger partial charge in [0.25, 0.3) is 0 Å². The van der Waals surface area contributed by atoms with E-state index in [1.54, 1.807) is 4.90 Å². The molecule has 1 fully saturated rings. The molecule has 2 rings (SSSR count). The van der Waals surface area contributed by atoms with Crippen LogP contribution in [0.4, 0.5) is 0 Å². The summed E-state index contributed by atoms with van der Waals surface area (Å²) in [4.78, 5) is 27.9. The van der Waals surface area contributed by atoms with Gasteiger partial charge in [0, 0.05) is 38.6 Å². The van der Waals surface area contributed by atoms with Gasteiger partial charge in [0.2, 0.25) is 11.8 Å². The van der Waals surface area contributed by atoms with E-state index in [9.17, 15) is 9.59 Å². The summed E-state index contributed by atoms with van der Waals surface area (Å²) in [5.74, 6) is 0.212. The SMILES string of the molecule is Cc1ccc(CC(=O)N2CCN(C(=O)CC(C)N)CC2)cc1. The lowest BCUT2D eigenvalue weighted by Gasteiger charge is -2.35. The standard InChI is InChI=1S/C17H25N3O2/c1-13-3-5-15(6-4-13)12-17(22)20-9-7-19(8-10-20)16(21)11-14(2)18/h3-6,14H,7-12,18H2,1-2H3. The summed E-state index contributed by atoms with van der Waals surface area (Å²) in [6.07, 6.45) is 0.797. The molecule has 0 radical (unpaired) electrons. The van der Waals surface area contributed by atoms with Crippen molar-refractivity contribution in [1.82, 2.24) is 9.80 Å². The molecule has 5 nitrogen and oxygen atoms in total.